The third kappa shape index (κ3) is 3.04. The summed E-state index contributed by atoms with van der Waals surface area (Å²) in [6.45, 7) is 9.27. The second-order valence-electron chi connectivity index (χ2n) is 5.98. The Kier molecular flexibility index (Phi) is 3.81. The highest BCUT2D eigenvalue weighted by Gasteiger charge is 2.30. The zero-order valence-corrected chi connectivity index (χ0v) is 12.3. The van der Waals surface area contributed by atoms with Crippen molar-refractivity contribution in [3.8, 4) is 0 Å². The van der Waals surface area contributed by atoms with Crippen LogP contribution in [-0.4, -0.2) is 50.0 Å². The van der Waals surface area contributed by atoms with Gasteiger partial charge in [-0.2, -0.15) is 0 Å². The molecule has 0 aliphatic carbocycles. The van der Waals surface area contributed by atoms with Gasteiger partial charge in [0, 0.05) is 19.7 Å². The highest BCUT2D eigenvalue weighted by Crippen LogP contribution is 2.25. The summed E-state index contributed by atoms with van der Waals surface area (Å²) in [5, 5.41) is 3.54. The van der Waals surface area contributed by atoms with E-state index in [0.717, 1.165) is 57.6 Å². The molecule has 3 heterocycles. The Morgan fingerprint density at radius 2 is 2.00 bits per heavy atom. The van der Waals surface area contributed by atoms with E-state index < -0.39 is 0 Å². The first-order chi connectivity index (χ1) is 9.65. The van der Waals surface area contributed by atoms with Crippen molar-refractivity contribution in [3.63, 3.8) is 0 Å². The lowest BCUT2D eigenvalue weighted by molar-refractivity contribution is 0.122. The number of ether oxygens (including phenoxy) is 2. The molecule has 2 fully saturated rings. The van der Waals surface area contributed by atoms with E-state index in [1.165, 1.54) is 5.56 Å². The van der Waals surface area contributed by atoms with Gasteiger partial charge >= 0.3 is 0 Å². The standard InChI is InChI=1S/C15H23N3O2/c1-12-9-13(17-15(2)3-6-20-11-15)16-14(10-12)18-4-7-19-8-5-18/h9-10H,3-8,11H2,1-2H3,(H,16,17). The van der Waals surface area contributed by atoms with Gasteiger partial charge in [0.05, 0.1) is 25.4 Å². The number of aryl methyl sites for hydroxylation is 1. The van der Waals surface area contributed by atoms with Crippen molar-refractivity contribution in [2.24, 2.45) is 0 Å². The molecule has 3 rings (SSSR count). The van der Waals surface area contributed by atoms with Crippen LogP contribution < -0.4 is 10.2 Å². The topological polar surface area (TPSA) is 46.6 Å². The van der Waals surface area contributed by atoms with Crippen LogP contribution in [0.1, 0.15) is 18.9 Å². The molecule has 0 spiro atoms. The molecule has 2 aliphatic heterocycles. The Hall–Kier alpha value is -1.33. The quantitative estimate of drug-likeness (QED) is 0.913. The van der Waals surface area contributed by atoms with Crippen molar-refractivity contribution in [1.82, 2.24) is 4.98 Å². The molecule has 0 radical (unpaired) electrons. The summed E-state index contributed by atoms with van der Waals surface area (Å²) in [6.07, 6.45) is 1.02. The molecular formula is C15H23N3O2. The summed E-state index contributed by atoms with van der Waals surface area (Å²) < 4.78 is 10.9. The van der Waals surface area contributed by atoms with Crippen LogP contribution in [0.15, 0.2) is 12.1 Å². The summed E-state index contributed by atoms with van der Waals surface area (Å²) in [7, 11) is 0. The van der Waals surface area contributed by atoms with Gasteiger partial charge in [0.25, 0.3) is 0 Å². The fourth-order valence-electron chi connectivity index (χ4n) is 2.74. The third-order valence-electron chi connectivity index (χ3n) is 3.94. The minimum atomic E-state index is 0.00305. The summed E-state index contributed by atoms with van der Waals surface area (Å²) in [5.41, 5.74) is 1.23. The largest absolute Gasteiger partial charge is 0.379 e. The third-order valence-corrected chi connectivity index (χ3v) is 3.94. The number of nitrogens with zero attached hydrogens (tertiary/aromatic N) is 2. The molecule has 5 heteroatoms. The zero-order chi connectivity index (χ0) is 14.0. The minimum Gasteiger partial charge on any atom is -0.379 e. The van der Waals surface area contributed by atoms with E-state index in [9.17, 15) is 0 Å². The van der Waals surface area contributed by atoms with Crippen molar-refractivity contribution in [3.05, 3.63) is 17.7 Å². The van der Waals surface area contributed by atoms with Gasteiger partial charge in [0.15, 0.2) is 0 Å². The maximum atomic E-state index is 5.49. The van der Waals surface area contributed by atoms with Gasteiger partial charge in [-0.3, -0.25) is 0 Å². The molecule has 1 aromatic heterocycles. The first-order valence-corrected chi connectivity index (χ1v) is 7.32. The maximum absolute atomic E-state index is 5.49. The van der Waals surface area contributed by atoms with Crippen molar-refractivity contribution in [1.29, 1.82) is 0 Å². The van der Waals surface area contributed by atoms with Gasteiger partial charge in [0.1, 0.15) is 11.6 Å². The Morgan fingerprint density at radius 3 is 2.70 bits per heavy atom. The zero-order valence-electron chi connectivity index (χ0n) is 12.3. The smallest absolute Gasteiger partial charge is 0.131 e. The number of pyridine rings is 1. The van der Waals surface area contributed by atoms with E-state index in [4.69, 9.17) is 14.5 Å². The maximum Gasteiger partial charge on any atom is 0.131 e. The van der Waals surface area contributed by atoms with Crippen LogP contribution in [0.5, 0.6) is 0 Å². The Labute approximate surface area is 120 Å². The number of rotatable bonds is 3. The molecule has 1 atom stereocenters. The van der Waals surface area contributed by atoms with E-state index in [1.54, 1.807) is 0 Å². The van der Waals surface area contributed by atoms with Gasteiger partial charge in [-0.15, -0.1) is 0 Å². The predicted molar refractivity (Wildman–Crippen MR) is 79.5 cm³/mol. The van der Waals surface area contributed by atoms with Gasteiger partial charge in [-0.25, -0.2) is 4.98 Å². The van der Waals surface area contributed by atoms with Crippen LogP contribution in [-0.2, 0) is 9.47 Å². The van der Waals surface area contributed by atoms with E-state index in [2.05, 4.69) is 36.2 Å². The molecule has 1 N–H and O–H groups in total. The van der Waals surface area contributed by atoms with Crippen LogP contribution in [0, 0.1) is 6.92 Å². The first-order valence-electron chi connectivity index (χ1n) is 7.32. The average molecular weight is 277 g/mol. The lowest BCUT2D eigenvalue weighted by atomic mass is 10.0. The molecule has 1 aromatic rings. The molecule has 0 saturated carbocycles. The molecule has 0 amide bonds. The second kappa shape index (κ2) is 5.58. The Morgan fingerprint density at radius 1 is 1.20 bits per heavy atom. The van der Waals surface area contributed by atoms with Gasteiger partial charge in [0.2, 0.25) is 0 Å². The number of hydrogen-bond acceptors (Lipinski definition) is 5. The molecule has 0 aromatic carbocycles. The molecule has 0 bridgehead atoms. The minimum absolute atomic E-state index is 0.00305. The lowest BCUT2D eigenvalue weighted by Crippen LogP contribution is -2.38. The highest BCUT2D eigenvalue weighted by molar-refractivity contribution is 5.51. The van der Waals surface area contributed by atoms with Crippen LogP contribution in [0.25, 0.3) is 0 Å². The van der Waals surface area contributed by atoms with E-state index in [1.807, 2.05) is 0 Å². The SMILES string of the molecule is Cc1cc(NC2(C)CCOC2)nc(N2CCOCC2)c1. The first kappa shape index (κ1) is 13.6. The predicted octanol–water partition coefficient (Wildman–Crippen LogP) is 1.82. The number of aromatic nitrogens is 1. The molecule has 20 heavy (non-hydrogen) atoms. The number of nitrogens with one attached hydrogen (secondary N) is 1. The van der Waals surface area contributed by atoms with Crippen molar-refractivity contribution in [2.45, 2.75) is 25.8 Å². The van der Waals surface area contributed by atoms with Crippen molar-refractivity contribution >= 4 is 11.6 Å². The van der Waals surface area contributed by atoms with Gasteiger partial charge in [-0.1, -0.05) is 0 Å². The van der Waals surface area contributed by atoms with Crippen LogP contribution in [0.2, 0.25) is 0 Å². The molecule has 5 nitrogen and oxygen atoms in total. The highest BCUT2D eigenvalue weighted by atomic mass is 16.5. The summed E-state index contributed by atoms with van der Waals surface area (Å²) >= 11 is 0. The molecule has 2 aliphatic rings. The van der Waals surface area contributed by atoms with Crippen molar-refractivity contribution < 1.29 is 9.47 Å². The number of hydrogen-bond donors (Lipinski definition) is 1. The van der Waals surface area contributed by atoms with Crippen molar-refractivity contribution in [2.75, 3.05) is 49.7 Å². The molecule has 2 saturated heterocycles. The number of morpholine rings is 1. The van der Waals surface area contributed by atoms with Crippen LogP contribution in [0.4, 0.5) is 11.6 Å². The monoisotopic (exact) mass is 277 g/mol. The summed E-state index contributed by atoms with van der Waals surface area (Å²) in [6, 6.07) is 4.25. The van der Waals surface area contributed by atoms with Gasteiger partial charge in [-0.05, 0) is 38.0 Å². The fourth-order valence-corrected chi connectivity index (χ4v) is 2.74. The Balaban J connectivity index is 1.78. The van der Waals surface area contributed by atoms with E-state index in [0.29, 0.717) is 0 Å². The van der Waals surface area contributed by atoms with E-state index >= 15 is 0 Å². The molecule has 1 unspecified atom stereocenters. The Bertz CT molecular complexity index is 466. The molecule has 110 valence electrons. The average Bonchev–Trinajstić information content (AvgIpc) is 2.85. The van der Waals surface area contributed by atoms with Crippen LogP contribution in [0.3, 0.4) is 0 Å². The fraction of sp³-hybridized carbons (Fsp3) is 0.667. The normalized spacial score (nSPS) is 26.8. The second-order valence-corrected chi connectivity index (χ2v) is 5.98. The summed E-state index contributed by atoms with van der Waals surface area (Å²) in [4.78, 5) is 7.06. The number of anilines is 2. The molecular weight excluding hydrogens is 254 g/mol. The van der Waals surface area contributed by atoms with Gasteiger partial charge < -0.3 is 19.7 Å². The van der Waals surface area contributed by atoms with E-state index in [-0.39, 0.29) is 5.54 Å². The lowest BCUT2D eigenvalue weighted by Gasteiger charge is -2.30. The van der Waals surface area contributed by atoms with Crippen LogP contribution >= 0.6 is 0 Å². The summed E-state index contributed by atoms with van der Waals surface area (Å²) in [5.74, 6) is 1.98.